The first-order valence-electron chi connectivity index (χ1n) is 7.38. The van der Waals surface area contributed by atoms with Crippen LogP contribution < -0.4 is 10.1 Å². The number of amides is 1. The third kappa shape index (κ3) is 4.63. The van der Waals surface area contributed by atoms with Crippen molar-refractivity contribution in [1.29, 1.82) is 0 Å². The van der Waals surface area contributed by atoms with Gasteiger partial charge in [0, 0.05) is 11.6 Å². The van der Waals surface area contributed by atoms with E-state index in [1.54, 1.807) is 36.4 Å². The Balaban J connectivity index is 1.47. The largest absolute Gasteiger partial charge is 0.475 e. The summed E-state index contributed by atoms with van der Waals surface area (Å²) in [6.07, 6.45) is 0. The predicted molar refractivity (Wildman–Crippen MR) is 91.7 cm³/mol. The van der Waals surface area contributed by atoms with Crippen LogP contribution in [0.1, 0.15) is 10.6 Å². The molecule has 0 saturated heterocycles. The molecule has 0 bridgehead atoms. The van der Waals surface area contributed by atoms with Crippen molar-refractivity contribution < 1.29 is 18.3 Å². The molecule has 0 unspecified atom stereocenters. The van der Waals surface area contributed by atoms with Gasteiger partial charge in [0.1, 0.15) is 12.4 Å². The van der Waals surface area contributed by atoms with Crippen LogP contribution in [0.3, 0.4) is 0 Å². The Bertz CT molecular complexity index is 850. The molecule has 0 saturated carbocycles. The Morgan fingerprint density at radius 2 is 1.92 bits per heavy atom. The van der Waals surface area contributed by atoms with E-state index in [1.165, 1.54) is 12.1 Å². The highest BCUT2D eigenvalue weighted by atomic mass is 79.9. The van der Waals surface area contributed by atoms with Crippen molar-refractivity contribution in [2.24, 2.45) is 0 Å². The number of halogens is 2. The van der Waals surface area contributed by atoms with E-state index >= 15 is 0 Å². The third-order valence-corrected chi connectivity index (χ3v) is 3.64. The van der Waals surface area contributed by atoms with Crippen molar-refractivity contribution in [2.45, 2.75) is 0 Å². The van der Waals surface area contributed by atoms with Gasteiger partial charge in [-0.2, -0.15) is 0 Å². The van der Waals surface area contributed by atoms with Gasteiger partial charge in [-0.1, -0.05) is 0 Å². The minimum atomic E-state index is -0.327. The average molecular weight is 406 g/mol. The molecule has 0 atom stereocenters. The van der Waals surface area contributed by atoms with Gasteiger partial charge in [0.05, 0.1) is 12.2 Å². The molecule has 2 aromatic heterocycles. The van der Waals surface area contributed by atoms with Crippen molar-refractivity contribution in [3.05, 3.63) is 64.8 Å². The molecule has 0 aliphatic rings. The number of carbonyl (C=O) groups is 1. The second-order valence-corrected chi connectivity index (χ2v) is 5.75. The van der Waals surface area contributed by atoms with Gasteiger partial charge in [0.15, 0.2) is 10.4 Å². The highest BCUT2D eigenvalue weighted by molar-refractivity contribution is 9.10. The Hall–Kier alpha value is -2.74. The van der Waals surface area contributed by atoms with Crippen molar-refractivity contribution in [3.63, 3.8) is 0 Å². The molecule has 2 heterocycles. The second-order valence-electron chi connectivity index (χ2n) is 4.97. The normalized spacial score (nSPS) is 10.5. The van der Waals surface area contributed by atoms with E-state index in [0.29, 0.717) is 22.8 Å². The van der Waals surface area contributed by atoms with Gasteiger partial charge in [0.25, 0.3) is 5.91 Å². The maximum atomic E-state index is 12.9. The van der Waals surface area contributed by atoms with E-state index in [1.807, 2.05) is 0 Å². The number of hydrogen-bond acceptors (Lipinski definition) is 5. The summed E-state index contributed by atoms with van der Waals surface area (Å²) in [5.74, 6) is -0.0798. The summed E-state index contributed by atoms with van der Waals surface area (Å²) in [5, 5.41) is 10.7. The van der Waals surface area contributed by atoms with Gasteiger partial charge in [-0.15, -0.1) is 10.2 Å². The maximum Gasteiger partial charge on any atom is 0.287 e. The summed E-state index contributed by atoms with van der Waals surface area (Å²) in [4.78, 5) is 11.8. The molecule has 3 rings (SSSR count). The van der Waals surface area contributed by atoms with Crippen molar-refractivity contribution in [2.75, 3.05) is 13.2 Å². The lowest BCUT2D eigenvalue weighted by Gasteiger charge is -2.06. The molecule has 0 aliphatic carbocycles. The van der Waals surface area contributed by atoms with Gasteiger partial charge in [-0.3, -0.25) is 4.79 Å². The van der Waals surface area contributed by atoms with Gasteiger partial charge >= 0.3 is 0 Å². The fourth-order valence-electron chi connectivity index (χ4n) is 2.02. The first-order chi connectivity index (χ1) is 12.1. The van der Waals surface area contributed by atoms with Gasteiger partial charge in [-0.05, 0) is 58.4 Å². The fourth-order valence-corrected chi connectivity index (χ4v) is 2.32. The minimum absolute atomic E-state index is 0.218. The molecule has 1 amide bonds. The van der Waals surface area contributed by atoms with Crippen LogP contribution in [-0.4, -0.2) is 29.3 Å². The lowest BCUT2D eigenvalue weighted by molar-refractivity contribution is 0.0917. The molecule has 128 valence electrons. The van der Waals surface area contributed by atoms with E-state index in [-0.39, 0.29) is 24.1 Å². The van der Waals surface area contributed by atoms with Crippen LogP contribution in [0.2, 0.25) is 0 Å². The summed E-state index contributed by atoms with van der Waals surface area (Å²) in [5.41, 5.74) is 1.38. The smallest absolute Gasteiger partial charge is 0.287 e. The van der Waals surface area contributed by atoms with Gasteiger partial charge < -0.3 is 14.5 Å². The standard InChI is InChI=1S/C17H13BrFN3O3/c18-15-7-6-14(25-15)17(23)20-9-10-24-16-8-5-13(21-22-16)11-1-3-12(19)4-2-11/h1-8H,9-10H2,(H,20,23). The number of benzene rings is 1. The zero-order valence-corrected chi connectivity index (χ0v) is 14.5. The van der Waals surface area contributed by atoms with Crippen molar-refractivity contribution in [3.8, 4) is 17.1 Å². The SMILES string of the molecule is O=C(NCCOc1ccc(-c2ccc(F)cc2)nn1)c1ccc(Br)o1. The molecule has 1 N–H and O–H groups in total. The molecule has 25 heavy (non-hydrogen) atoms. The van der Waals surface area contributed by atoms with Gasteiger partial charge in [-0.25, -0.2) is 4.39 Å². The second kappa shape index (κ2) is 7.89. The third-order valence-electron chi connectivity index (χ3n) is 3.21. The summed E-state index contributed by atoms with van der Waals surface area (Å²) < 4.78 is 24.0. The molecule has 0 aliphatic heterocycles. The highest BCUT2D eigenvalue weighted by Crippen LogP contribution is 2.18. The van der Waals surface area contributed by atoms with Crippen LogP contribution in [0.25, 0.3) is 11.3 Å². The zero-order valence-electron chi connectivity index (χ0n) is 12.9. The summed E-state index contributed by atoms with van der Waals surface area (Å²) in [6, 6.07) is 12.6. The average Bonchev–Trinajstić information content (AvgIpc) is 3.06. The quantitative estimate of drug-likeness (QED) is 0.635. The zero-order chi connectivity index (χ0) is 17.6. The van der Waals surface area contributed by atoms with Crippen LogP contribution in [0, 0.1) is 5.82 Å². The molecule has 8 heteroatoms. The molecular weight excluding hydrogens is 393 g/mol. The molecule has 0 spiro atoms. The molecule has 6 nitrogen and oxygen atoms in total. The lowest BCUT2D eigenvalue weighted by Crippen LogP contribution is -2.27. The number of nitrogens with zero attached hydrogens (tertiary/aromatic N) is 2. The molecule has 3 aromatic rings. The van der Waals surface area contributed by atoms with Crippen molar-refractivity contribution in [1.82, 2.24) is 15.5 Å². The monoisotopic (exact) mass is 405 g/mol. The first kappa shape index (κ1) is 17.1. The number of aromatic nitrogens is 2. The predicted octanol–water partition coefficient (Wildman–Crippen LogP) is 3.45. The fraction of sp³-hybridized carbons (Fsp3) is 0.118. The Morgan fingerprint density at radius 1 is 1.12 bits per heavy atom. The van der Waals surface area contributed by atoms with E-state index in [2.05, 4.69) is 31.4 Å². The number of carbonyl (C=O) groups excluding carboxylic acids is 1. The number of furan rings is 1. The van der Waals surface area contributed by atoms with E-state index in [0.717, 1.165) is 5.56 Å². The minimum Gasteiger partial charge on any atom is -0.475 e. The van der Waals surface area contributed by atoms with E-state index < -0.39 is 0 Å². The first-order valence-corrected chi connectivity index (χ1v) is 8.17. The number of hydrogen-bond donors (Lipinski definition) is 1. The van der Waals surface area contributed by atoms with E-state index in [4.69, 9.17) is 9.15 Å². The molecule has 0 radical (unpaired) electrons. The number of rotatable bonds is 6. The number of nitrogens with one attached hydrogen (secondary N) is 1. The Morgan fingerprint density at radius 3 is 2.56 bits per heavy atom. The summed E-state index contributed by atoms with van der Waals surface area (Å²) in [6.45, 7) is 0.525. The topological polar surface area (TPSA) is 77.2 Å². The Labute approximate surface area is 151 Å². The van der Waals surface area contributed by atoms with Crippen LogP contribution in [0.15, 0.2) is 57.6 Å². The van der Waals surface area contributed by atoms with E-state index in [9.17, 15) is 9.18 Å². The molecular formula is C17H13BrFN3O3. The van der Waals surface area contributed by atoms with Crippen molar-refractivity contribution >= 4 is 21.8 Å². The van der Waals surface area contributed by atoms with Gasteiger partial charge in [0.2, 0.25) is 5.88 Å². The number of ether oxygens (including phenoxy) is 1. The van der Waals surface area contributed by atoms with Crippen LogP contribution in [-0.2, 0) is 0 Å². The van der Waals surface area contributed by atoms with Crippen LogP contribution in [0.4, 0.5) is 4.39 Å². The Kier molecular flexibility index (Phi) is 5.39. The summed E-state index contributed by atoms with van der Waals surface area (Å²) >= 11 is 3.13. The highest BCUT2D eigenvalue weighted by Gasteiger charge is 2.09. The molecule has 0 fully saturated rings. The molecule has 1 aromatic carbocycles. The lowest BCUT2D eigenvalue weighted by atomic mass is 10.1. The maximum absolute atomic E-state index is 12.9. The van der Waals surface area contributed by atoms with Crippen LogP contribution >= 0.6 is 15.9 Å². The van der Waals surface area contributed by atoms with Crippen LogP contribution in [0.5, 0.6) is 5.88 Å². The summed E-state index contributed by atoms with van der Waals surface area (Å²) in [7, 11) is 0.